The van der Waals surface area contributed by atoms with Gasteiger partial charge in [-0.2, -0.15) is 5.10 Å². The van der Waals surface area contributed by atoms with Crippen molar-refractivity contribution in [2.24, 2.45) is 5.92 Å². The lowest BCUT2D eigenvalue weighted by atomic mass is 9.87. The Morgan fingerprint density at radius 1 is 1.24 bits per heavy atom. The fourth-order valence-corrected chi connectivity index (χ4v) is 5.89. The molecule has 5 rings (SSSR count). The van der Waals surface area contributed by atoms with E-state index in [0.717, 1.165) is 71.4 Å². The summed E-state index contributed by atoms with van der Waals surface area (Å²) in [7, 11) is 6.06. The van der Waals surface area contributed by atoms with Crippen molar-refractivity contribution >= 4 is 49.9 Å². The average Bonchev–Trinajstić information content (AvgIpc) is 3.42. The maximum atomic E-state index is 13.1. The number of hydrogen-bond acceptors (Lipinski definition) is 7. The van der Waals surface area contributed by atoms with Crippen LogP contribution in [0.4, 0.5) is 11.5 Å². The highest BCUT2D eigenvalue weighted by Gasteiger charge is 2.30. The Morgan fingerprint density at radius 2 is 2.12 bits per heavy atom. The molecule has 0 spiro atoms. The van der Waals surface area contributed by atoms with Gasteiger partial charge in [-0.3, -0.25) is 9.89 Å². The summed E-state index contributed by atoms with van der Waals surface area (Å²) < 4.78 is 0. The van der Waals surface area contributed by atoms with Gasteiger partial charge in [0.2, 0.25) is 5.91 Å². The van der Waals surface area contributed by atoms with E-state index < -0.39 is 0 Å². The molecule has 1 aromatic carbocycles. The Bertz CT molecular complexity index is 1290. The van der Waals surface area contributed by atoms with Gasteiger partial charge >= 0.3 is 0 Å². The number of aromatic nitrogens is 4. The average molecular weight is 464 g/mol. The number of nitrogens with one attached hydrogen (secondary N) is 2. The highest BCUT2D eigenvalue weighted by atomic mass is 32.1. The van der Waals surface area contributed by atoms with Gasteiger partial charge in [-0.25, -0.2) is 9.97 Å². The smallest absolute Gasteiger partial charge is 0.225 e. The summed E-state index contributed by atoms with van der Waals surface area (Å²) in [6.45, 7) is 1.79. The normalized spacial score (nSPS) is 15.8. The van der Waals surface area contributed by atoms with E-state index in [9.17, 15) is 4.79 Å². The SMILES string of the molecule is CN(C)CCCN(C)C(=O)C1CCc2c(sc3ncnc(Nc4ccc5[nH]ncc5c4)c23)C1. The third kappa shape index (κ3) is 4.43. The molecule has 0 radical (unpaired) electrons. The molecule has 1 atom stereocenters. The van der Waals surface area contributed by atoms with E-state index in [2.05, 4.69) is 50.5 Å². The van der Waals surface area contributed by atoms with Gasteiger partial charge in [0, 0.05) is 35.5 Å². The summed E-state index contributed by atoms with van der Waals surface area (Å²) in [5.41, 5.74) is 3.26. The van der Waals surface area contributed by atoms with E-state index in [1.807, 2.05) is 30.3 Å². The Kier molecular flexibility index (Phi) is 5.99. The fraction of sp³-hybridized carbons (Fsp3) is 0.417. The van der Waals surface area contributed by atoms with Crippen molar-refractivity contribution < 1.29 is 4.79 Å². The van der Waals surface area contributed by atoms with Crippen LogP contribution in [0.2, 0.25) is 0 Å². The van der Waals surface area contributed by atoms with Crippen molar-refractivity contribution in [3.05, 3.63) is 41.2 Å². The summed E-state index contributed by atoms with van der Waals surface area (Å²) in [6.07, 6.45) is 6.95. The molecule has 0 bridgehead atoms. The third-order valence-corrected chi connectivity index (χ3v) is 7.53. The van der Waals surface area contributed by atoms with Gasteiger partial charge < -0.3 is 15.1 Å². The monoisotopic (exact) mass is 463 g/mol. The molecule has 1 aliphatic carbocycles. The van der Waals surface area contributed by atoms with E-state index in [1.165, 1.54) is 10.4 Å². The first-order valence-electron chi connectivity index (χ1n) is 11.3. The van der Waals surface area contributed by atoms with Crippen LogP contribution in [0.5, 0.6) is 0 Å². The number of amides is 1. The first-order valence-corrected chi connectivity index (χ1v) is 12.2. The first-order chi connectivity index (χ1) is 16.0. The second kappa shape index (κ2) is 9.07. The maximum Gasteiger partial charge on any atom is 0.225 e. The molecule has 1 amide bonds. The highest BCUT2D eigenvalue weighted by Crippen LogP contribution is 2.40. The molecular weight excluding hydrogens is 434 g/mol. The molecule has 3 heterocycles. The summed E-state index contributed by atoms with van der Waals surface area (Å²) >= 11 is 1.70. The Labute approximate surface area is 197 Å². The molecule has 0 aliphatic heterocycles. The van der Waals surface area contributed by atoms with Gasteiger partial charge in [0.25, 0.3) is 0 Å². The Hall–Kier alpha value is -3.04. The highest BCUT2D eigenvalue weighted by molar-refractivity contribution is 7.19. The van der Waals surface area contributed by atoms with Crippen LogP contribution in [0.1, 0.15) is 23.3 Å². The number of hydrogen-bond donors (Lipinski definition) is 2. The van der Waals surface area contributed by atoms with Crippen LogP contribution < -0.4 is 5.32 Å². The predicted octanol–water partition coefficient (Wildman–Crippen LogP) is 3.83. The predicted molar refractivity (Wildman–Crippen MR) is 133 cm³/mol. The Balaban J connectivity index is 1.35. The number of carbonyl (C=O) groups excluding carboxylic acids is 1. The molecule has 0 saturated heterocycles. The van der Waals surface area contributed by atoms with Crippen LogP contribution in [0, 0.1) is 5.92 Å². The topological polar surface area (TPSA) is 90.0 Å². The molecule has 8 nitrogen and oxygen atoms in total. The molecular formula is C24H29N7OS. The van der Waals surface area contributed by atoms with Crippen molar-refractivity contribution in [3.63, 3.8) is 0 Å². The second-order valence-corrected chi connectivity index (χ2v) is 10.1. The molecule has 0 fully saturated rings. The van der Waals surface area contributed by atoms with Gasteiger partial charge in [-0.1, -0.05) is 0 Å². The number of nitrogens with zero attached hydrogens (tertiary/aromatic N) is 5. The van der Waals surface area contributed by atoms with Crippen molar-refractivity contribution in [2.45, 2.75) is 25.7 Å². The van der Waals surface area contributed by atoms with Crippen LogP contribution in [0.15, 0.2) is 30.7 Å². The Morgan fingerprint density at radius 3 is 2.97 bits per heavy atom. The van der Waals surface area contributed by atoms with Crippen LogP contribution in [-0.2, 0) is 17.6 Å². The molecule has 33 heavy (non-hydrogen) atoms. The van der Waals surface area contributed by atoms with Crippen molar-refractivity contribution in [1.82, 2.24) is 30.0 Å². The zero-order valence-corrected chi connectivity index (χ0v) is 20.1. The molecule has 172 valence electrons. The third-order valence-electron chi connectivity index (χ3n) is 6.37. The van der Waals surface area contributed by atoms with Crippen molar-refractivity contribution in [3.8, 4) is 0 Å². The standard InChI is InChI=1S/C24H29N7OS/c1-30(2)9-4-10-31(3)24(32)15-5-7-18-20(12-15)33-23-21(18)22(25-14-26-23)28-17-6-8-19-16(11-17)13-27-29-19/h6,8,11,13-15H,4-5,7,9-10,12H2,1-3H3,(H,27,29)(H,25,26,28). The van der Waals surface area contributed by atoms with E-state index in [0.29, 0.717) is 0 Å². The second-order valence-electron chi connectivity index (χ2n) is 9.06. The number of aromatic amines is 1. The molecule has 4 aromatic rings. The van der Waals surface area contributed by atoms with Crippen molar-refractivity contribution in [1.29, 1.82) is 0 Å². The number of rotatable bonds is 7. The largest absolute Gasteiger partial charge is 0.345 e. The molecule has 3 aromatic heterocycles. The minimum atomic E-state index is 0.0442. The lowest BCUT2D eigenvalue weighted by Gasteiger charge is -2.27. The zero-order valence-electron chi connectivity index (χ0n) is 19.3. The fourth-order valence-electron chi connectivity index (χ4n) is 4.62. The van der Waals surface area contributed by atoms with Crippen LogP contribution in [-0.4, -0.2) is 70.1 Å². The van der Waals surface area contributed by atoms with Crippen molar-refractivity contribution in [2.75, 3.05) is 39.5 Å². The summed E-state index contributed by atoms with van der Waals surface area (Å²) in [6, 6.07) is 6.10. The van der Waals surface area contributed by atoms with Gasteiger partial charge in [-0.05, 0) is 70.1 Å². The molecule has 2 N–H and O–H groups in total. The minimum Gasteiger partial charge on any atom is -0.345 e. The van der Waals surface area contributed by atoms with Gasteiger partial charge in [0.15, 0.2) is 0 Å². The van der Waals surface area contributed by atoms with Crippen LogP contribution in [0.25, 0.3) is 21.1 Å². The van der Waals surface area contributed by atoms with Gasteiger partial charge in [-0.15, -0.1) is 11.3 Å². The number of H-pyrrole nitrogens is 1. The lowest BCUT2D eigenvalue weighted by molar-refractivity contribution is -0.134. The number of benzene rings is 1. The minimum absolute atomic E-state index is 0.0442. The van der Waals surface area contributed by atoms with E-state index >= 15 is 0 Å². The lowest BCUT2D eigenvalue weighted by Crippen LogP contribution is -2.36. The molecule has 0 saturated carbocycles. The van der Waals surface area contributed by atoms with Gasteiger partial charge in [0.1, 0.15) is 17.0 Å². The number of aryl methyl sites for hydroxylation is 1. The quantitative estimate of drug-likeness (QED) is 0.433. The first kappa shape index (κ1) is 21.8. The molecule has 9 heteroatoms. The van der Waals surface area contributed by atoms with E-state index in [-0.39, 0.29) is 11.8 Å². The van der Waals surface area contributed by atoms with E-state index in [1.54, 1.807) is 17.7 Å². The van der Waals surface area contributed by atoms with E-state index in [4.69, 9.17) is 0 Å². The number of anilines is 2. The number of thiophene rings is 1. The maximum absolute atomic E-state index is 13.1. The van der Waals surface area contributed by atoms with Crippen LogP contribution in [0.3, 0.4) is 0 Å². The zero-order chi connectivity index (χ0) is 22.9. The molecule has 1 unspecified atom stereocenters. The number of carbonyl (C=O) groups is 1. The summed E-state index contributed by atoms with van der Waals surface area (Å²) in [5.74, 6) is 1.13. The molecule has 1 aliphatic rings. The summed E-state index contributed by atoms with van der Waals surface area (Å²) in [4.78, 5) is 28.5. The van der Waals surface area contributed by atoms with Crippen LogP contribution >= 0.6 is 11.3 Å². The number of fused-ring (bicyclic) bond motifs is 4. The van der Waals surface area contributed by atoms with Gasteiger partial charge in [0.05, 0.1) is 17.1 Å². The summed E-state index contributed by atoms with van der Waals surface area (Å²) in [5, 5.41) is 12.7.